The van der Waals surface area contributed by atoms with E-state index >= 15 is 0 Å². The summed E-state index contributed by atoms with van der Waals surface area (Å²) in [5.41, 5.74) is 2.13. The van der Waals surface area contributed by atoms with Crippen LogP contribution in [-0.4, -0.2) is 30.2 Å². The summed E-state index contributed by atoms with van der Waals surface area (Å²) in [4.78, 5) is 11.7. The molecule has 2 atom stereocenters. The largest absolute Gasteiger partial charge is 0.489 e. The first-order valence-electron chi connectivity index (χ1n) is 7.99. The van der Waals surface area contributed by atoms with Crippen LogP contribution in [0.5, 0.6) is 5.75 Å². The van der Waals surface area contributed by atoms with E-state index in [1.165, 1.54) is 0 Å². The topological polar surface area (TPSA) is 70.6 Å². The van der Waals surface area contributed by atoms with E-state index in [-0.39, 0.29) is 5.91 Å². The number of amides is 1. The van der Waals surface area contributed by atoms with E-state index in [4.69, 9.17) is 4.74 Å². The quantitative estimate of drug-likeness (QED) is 0.692. The molecule has 24 heavy (non-hydrogen) atoms. The van der Waals surface area contributed by atoms with Crippen molar-refractivity contribution in [1.82, 2.24) is 10.6 Å². The SMILES string of the molecule is CNC(=O)C(NCc1ccc(OCc2ccccc2)cc1)C(C)O. The van der Waals surface area contributed by atoms with Crippen LogP contribution in [0.1, 0.15) is 18.1 Å². The van der Waals surface area contributed by atoms with E-state index in [1.807, 2.05) is 54.6 Å². The van der Waals surface area contributed by atoms with Gasteiger partial charge in [0, 0.05) is 13.6 Å². The zero-order valence-corrected chi connectivity index (χ0v) is 14.0. The highest BCUT2D eigenvalue weighted by molar-refractivity contribution is 5.82. The summed E-state index contributed by atoms with van der Waals surface area (Å²) in [7, 11) is 1.55. The van der Waals surface area contributed by atoms with E-state index in [2.05, 4.69) is 10.6 Å². The van der Waals surface area contributed by atoms with Gasteiger partial charge < -0.3 is 15.2 Å². The van der Waals surface area contributed by atoms with Gasteiger partial charge in [0.15, 0.2) is 0 Å². The van der Waals surface area contributed by atoms with Crippen molar-refractivity contribution in [2.75, 3.05) is 7.05 Å². The molecule has 2 aromatic carbocycles. The minimum absolute atomic E-state index is 0.229. The van der Waals surface area contributed by atoms with Gasteiger partial charge in [-0.3, -0.25) is 10.1 Å². The monoisotopic (exact) mass is 328 g/mol. The Hall–Kier alpha value is -2.37. The van der Waals surface area contributed by atoms with E-state index in [9.17, 15) is 9.90 Å². The molecule has 5 heteroatoms. The van der Waals surface area contributed by atoms with Crippen molar-refractivity contribution in [3.05, 3.63) is 65.7 Å². The highest BCUT2D eigenvalue weighted by Gasteiger charge is 2.21. The van der Waals surface area contributed by atoms with E-state index in [0.717, 1.165) is 16.9 Å². The molecule has 0 aliphatic heterocycles. The first-order chi connectivity index (χ1) is 11.6. The maximum atomic E-state index is 11.7. The second-order valence-electron chi connectivity index (χ2n) is 5.63. The molecule has 2 aromatic rings. The molecule has 1 amide bonds. The smallest absolute Gasteiger partial charge is 0.239 e. The molecule has 0 heterocycles. The summed E-state index contributed by atoms with van der Waals surface area (Å²) in [6, 6.07) is 17.0. The molecule has 2 rings (SSSR count). The van der Waals surface area contributed by atoms with Gasteiger partial charge in [-0.1, -0.05) is 42.5 Å². The second-order valence-corrected chi connectivity index (χ2v) is 5.63. The van der Waals surface area contributed by atoms with Crippen LogP contribution in [0.25, 0.3) is 0 Å². The number of aliphatic hydroxyl groups is 1. The van der Waals surface area contributed by atoms with Gasteiger partial charge in [-0.25, -0.2) is 0 Å². The molecular weight excluding hydrogens is 304 g/mol. The number of carbonyl (C=O) groups excluding carboxylic acids is 1. The molecule has 2 unspecified atom stereocenters. The molecule has 0 radical (unpaired) electrons. The molecule has 3 N–H and O–H groups in total. The molecule has 0 bridgehead atoms. The van der Waals surface area contributed by atoms with Crippen LogP contribution in [0.3, 0.4) is 0 Å². The van der Waals surface area contributed by atoms with E-state index in [0.29, 0.717) is 13.2 Å². The van der Waals surface area contributed by atoms with Gasteiger partial charge in [-0.2, -0.15) is 0 Å². The predicted octanol–water partition coefficient (Wildman–Crippen LogP) is 1.85. The summed E-state index contributed by atoms with van der Waals surface area (Å²) in [5.74, 6) is 0.564. The maximum Gasteiger partial charge on any atom is 0.239 e. The standard InChI is InChI=1S/C19H24N2O3/c1-14(22)18(19(23)20-2)21-12-15-8-10-17(11-9-15)24-13-16-6-4-3-5-7-16/h3-11,14,18,21-22H,12-13H2,1-2H3,(H,20,23). The third-order valence-electron chi connectivity index (χ3n) is 3.71. The second kappa shape index (κ2) is 9.05. The number of likely N-dealkylation sites (N-methyl/N-ethyl adjacent to an activating group) is 1. The number of hydrogen-bond donors (Lipinski definition) is 3. The Morgan fingerprint density at radius 2 is 1.75 bits per heavy atom. The van der Waals surface area contributed by atoms with Crippen LogP contribution >= 0.6 is 0 Å². The Morgan fingerprint density at radius 3 is 2.33 bits per heavy atom. The Labute approximate surface area is 142 Å². The van der Waals surface area contributed by atoms with Crippen molar-refractivity contribution < 1.29 is 14.6 Å². The summed E-state index contributed by atoms with van der Waals surface area (Å²) in [6.45, 7) is 2.61. The van der Waals surface area contributed by atoms with Gasteiger partial charge in [-0.15, -0.1) is 0 Å². The number of rotatable bonds is 8. The van der Waals surface area contributed by atoms with Crippen LogP contribution in [0.4, 0.5) is 0 Å². The van der Waals surface area contributed by atoms with Gasteiger partial charge in [-0.05, 0) is 30.2 Å². The molecule has 0 aromatic heterocycles. The third kappa shape index (κ3) is 5.37. The lowest BCUT2D eigenvalue weighted by atomic mass is 10.1. The Bertz CT molecular complexity index is 627. The van der Waals surface area contributed by atoms with Crippen molar-refractivity contribution in [3.8, 4) is 5.75 Å². The maximum absolute atomic E-state index is 11.7. The molecule has 0 fully saturated rings. The number of ether oxygens (including phenoxy) is 1. The van der Waals surface area contributed by atoms with Crippen LogP contribution in [0.2, 0.25) is 0 Å². The van der Waals surface area contributed by atoms with Crippen LogP contribution in [0.15, 0.2) is 54.6 Å². The van der Waals surface area contributed by atoms with Crippen LogP contribution < -0.4 is 15.4 Å². The van der Waals surface area contributed by atoms with Crippen molar-refractivity contribution in [3.63, 3.8) is 0 Å². The van der Waals surface area contributed by atoms with E-state index in [1.54, 1.807) is 14.0 Å². The van der Waals surface area contributed by atoms with Gasteiger partial charge in [0.05, 0.1) is 6.10 Å². The van der Waals surface area contributed by atoms with Crippen molar-refractivity contribution >= 4 is 5.91 Å². The molecule has 0 saturated carbocycles. The number of nitrogens with one attached hydrogen (secondary N) is 2. The summed E-state index contributed by atoms with van der Waals surface area (Å²) < 4.78 is 5.74. The number of benzene rings is 2. The molecule has 0 saturated heterocycles. The van der Waals surface area contributed by atoms with Crippen molar-refractivity contribution in [2.24, 2.45) is 0 Å². The lowest BCUT2D eigenvalue weighted by Gasteiger charge is -2.20. The summed E-state index contributed by atoms with van der Waals surface area (Å²) >= 11 is 0. The normalized spacial score (nSPS) is 13.1. The minimum atomic E-state index is -0.765. The van der Waals surface area contributed by atoms with Crippen molar-refractivity contribution in [1.29, 1.82) is 0 Å². The lowest BCUT2D eigenvalue weighted by molar-refractivity contribution is -0.125. The number of hydrogen-bond acceptors (Lipinski definition) is 4. The Balaban J connectivity index is 1.86. The van der Waals surface area contributed by atoms with Gasteiger partial charge >= 0.3 is 0 Å². The zero-order valence-electron chi connectivity index (χ0n) is 14.0. The van der Waals surface area contributed by atoms with Crippen LogP contribution in [0, 0.1) is 0 Å². The van der Waals surface area contributed by atoms with Gasteiger partial charge in [0.25, 0.3) is 0 Å². The predicted molar refractivity (Wildman–Crippen MR) is 93.6 cm³/mol. The summed E-state index contributed by atoms with van der Waals surface area (Å²) in [6.07, 6.45) is -0.765. The number of carbonyl (C=O) groups is 1. The molecule has 0 aliphatic rings. The highest BCUT2D eigenvalue weighted by atomic mass is 16.5. The van der Waals surface area contributed by atoms with E-state index < -0.39 is 12.1 Å². The molecule has 0 aliphatic carbocycles. The van der Waals surface area contributed by atoms with Gasteiger partial charge in [0.1, 0.15) is 18.4 Å². The minimum Gasteiger partial charge on any atom is -0.489 e. The highest BCUT2D eigenvalue weighted by Crippen LogP contribution is 2.14. The Kier molecular flexibility index (Phi) is 6.78. The average molecular weight is 328 g/mol. The lowest BCUT2D eigenvalue weighted by Crippen LogP contribution is -2.49. The molecule has 128 valence electrons. The third-order valence-corrected chi connectivity index (χ3v) is 3.71. The molecular formula is C19H24N2O3. The molecule has 5 nitrogen and oxygen atoms in total. The fraction of sp³-hybridized carbons (Fsp3) is 0.316. The summed E-state index contributed by atoms with van der Waals surface area (Å²) in [5, 5.41) is 15.3. The fourth-order valence-electron chi connectivity index (χ4n) is 2.31. The van der Waals surface area contributed by atoms with Gasteiger partial charge in [0.2, 0.25) is 5.91 Å². The first-order valence-corrected chi connectivity index (χ1v) is 7.99. The number of aliphatic hydroxyl groups excluding tert-OH is 1. The first kappa shape index (κ1) is 18.0. The van der Waals surface area contributed by atoms with Crippen LogP contribution in [-0.2, 0) is 17.9 Å². The zero-order chi connectivity index (χ0) is 17.4. The Morgan fingerprint density at radius 1 is 1.08 bits per heavy atom. The van der Waals surface area contributed by atoms with Crippen molar-refractivity contribution in [2.45, 2.75) is 32.2 Å². The molecule has 0 spiro atoms. The fourth-order valence-corrected chi connectivity index (χ4v) is 2.31. The average Bonchev–Trinajstić information content (AvgIpc) is 2.61.